The van der Waals surface area contributed by atoms with Crippen molar-refractivity contribution in [3.8, 4) is 16.9 Å². The summed E-state index contributed by atoms with van der Waals surface area (Å²) < 4.78 is 43.0. The van der Waals surface area contributed by atoms with Gasteiger partial charge >= 0.3 is 0 Å². The van der Waals surface area contributed by atoms with Crippen LogP contribution in [0.5, 0.6) is 0 Å². The standard InChI is InChI=1S/C15H6BrCl2F3N2/c16-15-22-14(18)13(12-10(20)5-8(19)6-11(12)21)23(15)9-3-1-7(17)2-4-9/h1-6H. The summed E-state index contributed by atoms with van der Waals surface area (Å²) in [5, 5.41) is 0.369. The molecule has 1 aromatic heterocycles. The lowest BCUT2D eigenvalue weighted by Crippen LogP contribution is -2.01. The Morgan fingerprint density at radius 2 is 1.52 bits per heavy atom. The molecule has 0 radical (unpaired) electrons. The van der Waals surface area contributed by atoms with E-state index < -0.39 is 23.0 Å². The van der Waals surface area contributed by atoms with Gasteiger partial charge in [0, 0.05) is 22.8 Å². The summed E-state index contributed by atoms with van der Waals surface area (Å²) in [6.07, 6.45) is 0. The normalized spacial score (nSPS) is 11.0. The van der Waals surface area contributed by atoms with Crippen LogP contribution < -0.4 is 0 Å². The Balaban J connectivity index is 2.32. The first-order chi connectivity index (χ1) is 10.9. The summed E-state index contributed by atoms with van der Waals surface area (Å²) >= 11 is 15.1. The highest BCUT2D eigenvalue weighted by Gasteiger charge is 2.24. The molecule has 2 nitrogen and oxygen atoms in total. The predicted molar refractivity (Wildman–Crippen MR) is 86.6 cm³/mol. The largest absolute Gasteiger partial charge is 0.285 e. The average molecular weight is 422 g/mol. The maximum atomic E-state index is 14.1. The van der Waals surface area contributed by atoms with Gasteiger partial charge in [-0.2, -0.15) is 0 Å². The molecule has 3 rings (SSSR count). The number of halogens is 6. The summed E-state index contributed by atoms with van der Waals surface area (Å²) in [4.78, 5) is 3.98. The van der Waals surface area contributed by atoms with Crippen LogP contribution in [0, 0.1) is 17.5 Å². The molecule has 118 valence electrons. The van der Waals surface area contributed by atoms with Crippen LogP contribution in [0.2, 0.25) is 10.2 Å². The molecule has 0 atom stereocenters. The molecule has 3 aromatic rings. The van der Waals surface area contributed by atoms with E-state index in [2.05, 4.69) is 20.9 Å². The Hall–Kier alpha value is -1.50. The van der Waals surface area contributed by atoms with Crippen molar-refractivity contribution in [3.63, 3.8) is 0 Å². The molecule has 0 fully saturated rings. The third-order valence-electron chi connectivity index (χ3n) is 3.12. The van der Waals surface area contributed by atoms with Gasteiger partial charge in [-0.3, -0.25) is 4.57 Å². The number of aromatic nitrogens is 2. The van der Waals surface area contributed by atoms with Gasteiger partial charge in [-0.05, 0) is 40.2 Å². The second-order valence-electron chi connectivity index (χ2n) is 4.58. The minimum Gasteiger partial charge on any atom is -0.285 e. The molecule has 0 bridgehead atoms. The first kappa shape index (κ1) is 16.4. The van der Waals surface area contributed by atoms with Gasteiger partial charge in [0.05, 0.1) is 11.3 Å². The van der Waals surface area contributed by atoms with Crippen LogP contribution in [0.4, 0.5) is 13.2 Å². The van der Waals surface area contributed by atoms with Crippen LogP contribution in [0.1, 0.15) is 0 Å². The monoisotopic (exact) mass is 420 g/mol. The predicted octanol–water partition coefficient (Wildman–Crippen LogP) is 6.03. The zero-order valence-electron chi connectivity index (χ0n) is 11.1. The Morgan fingerprint density at radius 3 is 2.09 bits per heavy atom. The quantitative estimate of drug-likeness (QED) is 0.494. The van der Waals surface area contributed by atoms with Crippen molar-refractivity contribution in [2.24, 2.45) is 0 Å². The lowest BCUT2D eigenvalue weighted by molar-refractivity contribution is 0.547. The van der Waals surface area contributed by atoms with E-state index in [-0.39, 0.29) is 15.6 Å². The number of benzene rings is 2. The number of imidazole rings is 1. The summed E-state index contributed by atoms with van der Waals surface area (Å²) in [7, 11) is 0. The van der Waals surface area contributed by atoms with Crippen LogP contribution in [0.15, 0.2) is 41.1 Å². The van der Waals surface area contributed by atoms with Gasteiger partial charge in [0.25, 0.3) is 0 Å². The van der Waals surface area contributed by atoms with Crippen molar-refractivity contribution in [2.75, 3.05) is 0 Å². The summed E-state index contributed by atoms with van der Waals surface area (Å²) in [5.74, 6) is -3.17. The molecular formula is C15H6BrCl2F3N2. The van der Waals surface area contributed by atoms with Crippen molar-refractivity contribution in [3.05, 3.63) is 68.8 Å². The van der Waals surface area contributed by atoms with Gasteiger partial charge in [0.1, 0.15) is 17.5 Å². The van der Waals surface area contributed by atoms with Crippen LogP contribution in [-0.2, 0) is 0 Å². The van der Waals surface area contributed by atoms with Crippen molar-refractivity contribution < 1.29 is 13.2 Å². The Morgan fingerprint density at radius 1 is 0.957 bits per heavy atom. The smallest absolute Gasteiger partial charge is 0.183 e. The molecule has 0 spiro atoms. The third kappa shape index (κ3) is 2.98. The van der Waals surface area contributed by atoms with Crippen LogP contribution in [-0.4, -0.2) is 9.55 Å². The van der Waals surface area contributed by atoms with E-state index >= 15 is 0 Å². The minimum absolute atomic E-state index is 0.0316. The van der Waals surface area contributed by atoms with Crippen molar-refractivity contribution >= 4 is 39.1 Å². The van der Waals surface area contributed by atoms with E-state index in [4.69, 9.17) is 23.2 Å². The van der Waals surface area contributed by atoms with Gasteiger partial charge < -0.3 is 0 Å². The van der Waals surface area contributed by atoms with Gasteiger partial charge in [0.15, 0.2) is 9.89 Å². The molecule has 0 aliphatic carbocycles. The average Bonchev–Trinajstić information content (AvgIpc) is 2.74. The number of rotatable bonds is 2. The van der Waals surface area contributed by atoms with Crippen molar-refractivity contribution in [1.29, 1.82) is 0 Å². The molecule has 0 saturated carbocycles. The summed E-state index contributed by atoms with van der Waals surface area (Å²) in [6, 6.07) is 7.66. The highest BCUT2D eigenvalue weighted by Crippen LogP contribution is 2.37. The molecule has 8 heteroatoms. The van der Waals surface area contributed by atoms with Crippen LogP contribution in [0.25, 0.3) is 16.9 Å². The molecule has 0 aliphatic rings. The summed E-state index contributed by atoms with van der Waals surface area (Å²) in [5.41, 5.74) is 0.0271. The lowest BCUT2D eigenvalue weighted by Gasteiger charge is -2.12. The molecular weight excluding hydrogens is 416 g/mol. The van der Waals surface area contributed by atoms with E-state index in [9.17, 15) is 13.2 Å². The molecule has 2 aromatic carbocycles. The Labute approximate surface area is 147 Å². The second-order valence-corrected chi connectivity index (χ2v) is 6.08. The first-order valence-corrected chi connectivity index (χ1v) is 7.78. The van der Waals surface area contributed by atoms with E-state index in [1.807, 2.05) is 0 Å². The van der Waals surface area contributed by atoms with E-state index in [0.717, 1.165) is 0 Å². The lowest BCUT2D eigenvalue weighted by atomic mass is 10.1. The molecule has 0 unspecified atom stereocenters. The van der Waals surface area contributed by atoms with Crippen molar-refractivity contribution in [1.82, 2.24) is 9.55 Å². The Kier molecular flexibility index (Phi) is 4.40. The van der Waals surface area contributed by atoms with Gasteiger partial charge in [-0.15, -0.1) is 0 Å². The van der Waals surface area contributed by atoms with Gasteiger partial charge in [-0.1, -0.05) is 23.2 Å². The topological polar surface area (TPSA) is 17.8 Å². The zero-order chi connectivity index (χ0) is 16.7. The SMILES string of the molecule is Fc1cc(F)c(-c2c(Cl)nc(Br)n2-c2ccc(Cl)cc2)c(F)c1. The number of hydrogen-bond donors (Lipinski definition) is 0. The molecule has 23 heavy (non-hydrogen) atoms. The zero-order valence-corrected chi connectivity index (χ0v) is 14.2. The molecule has 0 N–H and O–H groups in total. The highest BCUT2D eigenvalue weighted by molar-refractivity contribution is 9.10. The number of hydrogen-bond acceptors (Lipinski definition) is 1. The van der Waals surface area contributed by atoms with E-state index in [1.54, 1.807) is 24.3 Å². The fourth-order valence-corrected chi connectivity index (χ4v) is 3.22. The fourth-order valence-electron chi connectivity index (χ4n) is 2.18. The second kappa shape index (κ2) is 6.19. The Bertz CT molecular complexity index is 871. The molecule has 0 aliphatic heterocycles. The van der Waals surface area contributed by atoms with Crippen molar-refractivity contribution in [2.45, 2.75) is 0 Å². The molecule has 0 saturated heterocycles. The summed E-state index contributed by atoms with van der Waals surface area (Å²) in [6.45, 7) is 0. The van der Waals surface area contributed by atoms with E-state index in [1.165, 1.54) is 4.57 Å². The molecule has 1 heterocycles. The third-order valence-corrected chi connectivity index (χ3v) is 4.17. The highest BCUT2D eigenvalue weighted by atomic mass is 79.9. The van der Waals surface area contributed by atoms with Gasteiger partial charge in [-0.25, -0.2) is 18.2 Å². The first-order valence-electron chi connectivity index (χ1n) is 6.23. The maximum Gasteiger partial charge on any atom is 0.183 e. The molecule has 0 amide bonds. The van der Waals surface area contributed by atoms with Crippen LogP contribution >= 0.6 is 39.1 Å². The van der Waals surface area contributed by atoms with Crippen LogP contribution in [0.3, 0.4) is 0 Å². The minimum atomic E-state index is -1.08. The fraction of sp³-hybridized carbons (Fsp3) is 0. The number of nitrogens with zero attached hydrogens (tertiary/aromatic N) is 2. The maximum absolute atomic E-state index is 14.1. The van der Waals surface area contributed by atoms with E-state index in [0.29, 0.717) is 22.8 Å². The van der Waals surface area contributed by atoms with Gasteiger partial charge in [0.2, 0.25) is 0 Å².